The molecule has 0 spiro atoms. The van der Waals surface area contributed by atoms with Crippen LogP contribution in [0.2, 0.25) is 5.02 Å². The van der Waals surface area contributed by atoms with Gasteiger partial charge in [0.15, 0.2) is 11.3 Å². The highest BCUT2D eigenvalue weighted by molar-refractivity contribution is 6.38. The lowest BCUT2D eigenvalue weighted by molar-refractivity contribution is 1.25. The standard InChI is InChI=1S/C14H8ClN3/c15-12-10-5-2-1-4-9(10)8-18-11-6-3-7-16-13(11)17-14(12)18/h1-8H. The molecule has 0 aliphatic rings. The molecular weight excluding hydrogens is 246 g/mol. The van der Waals surface area contributed by atoms with Crippen LogP contribution >= 0.6 is 11.6 Å². The molecule has 0 aliphatic heterocycles. The largest absolute Gasteiger partial charge is 0.296 e. The Kier molecular flexibility index (Phi) is 1.88. The smallest absolute Gasteiger partial charge is 0.178 e. The monoisotopic (exact) mass is 253 g/mol. The van der Waals surface area contributed by atoms with Gasteiger partial charge in [0.05, 0.1) is 10.5 Å². The molecule has 3 heterocycles. The van der Waals surface area contributed by atoms with Crippen LogP contribution in [-0.4, -0.2) is 14.4 Å². The van der Waals surface area contributed by atoms with E-state index < -0.39 is 0 Å². The van der Waals surface area contributed by atoms with E-state index >= 15 is 0 Å². The summed E-state index contributed by atoms with van der Waals surface area (Å²) in [6.07, 6.45) is 3.79. The minimum atomic E-state index is 0.672. The molecular formula is C14H8ClN3. The van der Waals surface area contributed by atoms with Crippen molar-refractivity contribution in [3.05, 3.63) is 53.8 Å². The third-order valence-electron chi connectivity index (χ3n) is 3.13. The van der Waals surface area contributed by atoms with Gasteiger partial charge in [-0.25, -0.2) is 9.97 Å². The first-order valence-electron chi connectivity index (χ1n) is 5.64. The van der Waals surface area contributed by atoms with E-state index in [-0.39, 0.29) is 0 Å². The molecule has 0 fully saturated rings. The third kappa shape index (κ3) is 1.19. The number of benzene rings is 1. The van der Waals surface area contributed by atoms with Gasteiger partial charge < -0.3 is 0 Å². The van der Waals surface area contributed by atoms with E-state index in [0.29, 0.717) is 5.02 Å². The number of rotatable bonds is 0. The highest BCUT2D eigenvalue weighted by Gasteiger charge is 2.11. The number of fused-ring (bicyclic) bond motifs is 4. The van der Waals surface area contributed by atoms with Crippen molar-refractivity contribution in [3.8, 4) is 0 Å². The first kappa shape index (κ1) is 9.85. The zero-order valence-electron chi connectivity index (χ0n) is 9.34. The van der Waals surface area contributed by atoms with Gasteiger partial charge in [-0.15, -0.1) is 0 Å². The predicted molar refractivity (Wildman–Crippen MR) is 73.0 cm³/mol. The molecule has 3 nitrogen and oxygen atoms in total. The fraction of sp³-hybridized carbons (Fsp3) is 0. The number of imidazole rings is 1. The summed E-state index contributed by atoms with van der Waals surface area (Å²) in [5.74, 6) is 0. The van der Waals surface area contributed by atoms with E-state index in [1.165, 1.54) is 0 Å². The average molecular weight is 254 g/mol. The Hall–Kier alpha value is -2.13. The van der Waals surface area contributed by atoms with Crippen LogP contribution in [0.15, 0.2) is 48.8 Å². The van der Waals surface area contributed by atoms with Crippen LogP contribution in [-0.2, 0) is 0 Å². The van der Waals surface area contributed by atoms with Crippen molar-refractivity contribution in [1.82, 2.24) is 14.4 Å². The zero-order valence-corrected chi connectivity index (χ0v) is 10.1. The molecule has 0 aliphatic carbocycles. The summed E-state index contributed by atoms with van der Waals surface area (Å²) in [6.45, 7) is 0. The summed E-state index contributed by atoms with van der Waals surface area (Å²) in [5.41, 5.74) is 2.44. The molecule has 86 valence electrons. The second kappa shape index (κ2) is 3.43. The number of aromatic nitrogens is 3. The fourth-order valence-electron chi connectivity index (χ4n) is 2.29. The molecule has 1 aromatic carbocycles. The van der Waals surface area contributed by atoms with Crippen LogP contribution < -0.4 is 0 Å². The van der Waals surface area contributed by atoms with E-state index in [2.05, 4.69) is 9.97 Å². The summed E-state index contributed by atoms with van der Waals surface area (Å²) in [4.78, 5) is 8.74. The Bertz CT molecular complexity index is 895. The minimum Gasteiger partial charge on any atom is -0.296 e. The van der Waals surface area contributed by atoms with Gasteiger partial charge in [-0.1, -0.05) is 35.9 Å². The van der Waals surface area contributed by atoms with E-state index in [4.69, 9.17) is 11.6 Å². The maximum atomic E-state index is 6.43. The fourth-order valence-corrected chi connectivity index (χ4v) is 2.59. The average Bonchev–Trinajstić information content (AvgIpc) is 2.79. The Morgan fingerprint density at radius 1 is 1.06 bits per heavy atom. The minimum absolute atomic E-state index is 0.672. The van der Waals surface area contributed by atoms with Crippen LogP contribution in [0.4, 0.5) is 0 Å². The maximum absolute atomic E-state index is 6.43. The molecule has 3 aromatic heterocycles. The number of halogens is 1. The number of nitrogens with zero attached hydrogens (tertiary/aromatic N) is 3. The maximum Gasteiger partial charge on any atom is 0.178 e. The molecule has 0 saturated carbocycles. The second-order valence-electron chi connectivity index (χ2n) is 4.18. The topological polar surface area (TPSA) is 30.2 Å². The first-order valence-corrected chi connectivity index (χ1v) is 6.02. The Morgan fingerprint density at radius 3 is 2.89 bits per heavy atom. The van der Waals surface area contributed by atoms with Crippen molar-refractivity contribution < 1.29 is 0 Å². The lowest BCUT2D eigenvalue weighted by atomic mass is 10.2. The van der Waals surface area contributed by atoms with Crippen LogP contribution in [0, 0.1) is 0 Å². The highest BCUT2D eigenvalue weighted by atomic mass is 35.5. The summed E-state index contributed by atoms with van der Waals surface area (Å²) < 4.78 is 1.99. The van der Waals surface area contributed by atoms with Gasteiger partial charge in [0.25, 0.3) is 0 Å². The molecule has 4 heteroatoms. The Balaban J connectivity index is 2.33. The highest BCUT2D eigenvalue weighted by Crippen LogP contribution is 2.29. The molecule has 0 radical (unpaired) electrons. The van der Waals surface area contributed by atoms with Crippen molar-refractivity contribution in [2.75, 3.05) is 0 Å². The van der Waals surface area contributed by atoms with Crippen molar-refractivity contribution in [1.29, 1.82) is 0 Å². The molecule has 0 atom stereocenters. The van der Waals surface area contributed by atoms with Crippen LogP contribution in [0.5, 0.6) is 0 Å². The molecule has 0 saturated heterocycles. The summed E-state index contributed by atoms with van der Waals surface area (Å²) >= 11 is 6.43. The molecule has 0 N–H and O–H groups in total. The predicted octanol–water partition coefficient (Wildman–Crippen LogP) is 3.69. The van der Waals surface area contributed by atoms with Crippen molar-refractivity contribution in [3.63, 3.8) is 0 Å². The molecule has 0 amide bonds. The van der Waals surface area contributed by atoms with E-state index in [1.807, 2.05) is 47.0 Å². The molecule has 0 bridgehead atoms. The van der Waals surface area contributed by atoms with Crippen molar-refractivity contribution in [2.24, 2.45) is 0 Å². The lowest BCUT2D eigenvalue weighted by Gasteiger charge is -2.03. The van der Waals surface area contributed by atoms with Gasteiger partial charge in [0.1, 0.15) is 0 Å². The van der Waals surface area contributed by atoms with E-state index in [1.54, 1.807) is 6.20 Å². The molecule has 4 rings (SSSR count). The van der Waals surface area contributed by atoms with Gasteiger partial charge in [-0.2, -0.15) is 0 Å². The lowest BCUT2D eigenvalue weighted by Crippen LogP contribution is -1.87. The van der Waals surface area contributed by atoms with Crippen LogP contribution in [0.3, 0.4) is 0 Å². The second-order valence-corrected chi connectivity index (χ2v) is 4.56. The molecule has 4 aromatic rings. The van der Waals surface area contributed by atoms with Gasteiger partial charge in [-0.05, 0) is 17.5 Å². The van der Waals surface area contributed by atoms with Crippen molar-refractivity contribution in [2.45, 2.75) is 0 Å². The SMILES string of the molecule is Clc1c2ccccc2cn2c1nc1ncccc12. The summed E-state index contributed by atoms with van der Waals surface area (Å²) in [5, 5.41) is 2.78. The Labute approximate surface area is 108 Å². The van der Waals surface area contributed by atoms with Gasteiger partial charge in [-0.3, -0.25) is 4.40 Å². The van der Waals surface area contributed by atoms with E-state index in [9.17, 15) is 0 Å². The number of hydrogen-bond acceptors (Lipinski definition) is 2. The summed E-state index contributed by atoms with van der Waals surface area (Å²) in [7, 11) is 0. The molecule has 0 unspecified atom stereocenters. The molecule has 18 heavy (non-hydrogen) atoms. The zero-order chi connectivity index (χ0) is 12.1. The summed E-state index contributed by atoms with van der Waals surface area (Å²) in [6, 6.07) is 11.9. The van der Waals surface area contributed by atoms with E-state index in [0.717, 1.165) is 27.6 Å². The quantitative estimate of drug-likeness (QED) is 0.478. The van der Waals surface area contributed by atoms with Crippen LogP contribution in [0.1, 0.15) is 0 Å². The Morgan fingerprint density at radius 2 is 1.94 bits per heavy atom. The van der Waals surface area contributed by atoms with Crippen molar-refractivity contribution >= 4 is 39.2 Å². The third-order valence-corrected chi connectivity index (χ3v) is 3.50. The van der Waals surface area contributed by atoms with Gasteiger partial charge in [0, 0.05) is 17.8 Å². The van der Waals surface area contributed by atoms with Gasteiger partial charge in [0.2, 0.25) is 0 Å². The van der Waals surface area contributed by atoms with Gasteiger partial charge >= 0.3 is 0 Å². The number of pyridine rings is 2. The first-order chi connectivity index (χ1) is 8.84. The normalized spacial score (nSPS) is 11.6. The van der Waals surface area contributed by atoms with Crippen LogP contribution in [0.25, 0.3) is 27.6 Å². The number of hydrogen-bond donors (Lipinski definition) is 0.